The fourth-order valence-corrected chi connectivity index (χ4v) is 5.22. The first-order chi connectivity index (χ1) is 10.2. The molecule has 0 radical (unpaired) electrons. The summed E-state index contributed by atoms with van der Waals surface area (Å²) >= 11 is 3.97. The van der Waals surface area contributed by atoms with Gasteiger partial charge in [0.2, 0.25) is 0 Å². The quantitative estimate of drug-likeness (QED) is 0.918. The summed E-state index contributed by atoms with van der Waals surface area (Å²) in [6, 6.07) is 2.52. The lowest BCUT2D eigenvalue weighted by Gasteiger charge is -2.18. The number of rotatable bonds is 5. The largest absolute Gasteiger partial charge is 0.493 e. The summed E-state index contributed by atoms with van der Waals surface area (Å²) in [5, 5.41) is 7.94. The van der Waals surface area contributed by atoms with Crippen LogP contribution in [0.1, 0.15) is 34.0 Å². The molecule has 0 spiro atoms. The molecule has 0 bridgehead atoms. The smallest absolute Gasteiger partial charge is 0.161 e. The van der Waals surface area contributed by atoms with E-state index in [0.29, 0.717) is 0 Å². The fraction of sp³-hybridized carbons (Fsp3) is 0.533. The number of hydrogen-bond donors (Lipinski definition) is 1. The second kappa shape index (κ2) is 6.42. The molecular formula is C15H21N3OS2. The summed E-state index contributed by atoms with van der Waals surface area (Å²) in [6.07, 6.45) is 3.00. The molecule has 0 aromatic carbocycles. The van der Waals surface area contributed by atoms with Crippen LogP contribution in [-0.2, 0) is 19.2 Å². The molecule has 21 heavy (non-hydrogen) atoms. The Balaban J connectivity index is 2.01. The number of ether oxygens (including phenoxy) is 1. The maximum absolute atomic E-state index is 5.49. The van der Waals surface area contributed by atoms with E-state index >= 15 is 0 Å². The molecule has 0 saturated carbocycles. The molecule has 2 aromatic heterocycles. The van der Waals surface area contributed by atoms with Crippen molar-refractivity contribution in [3.63, 3.8) is 0 Å². The number of aryl methyl sites for hydroxylation is 2. The molecule has 0 aliphatic carbocycles. The number of hydrogen-bond acceptors (Lipinski definition) is 5. The summed E-state index contributed by atoms with van der Waals surface area (Å²) in [4.78, 5) is 2.92. The Bertz CT molecular complexity index is 597. The second-order valence-electron chi connectivity index (χ2n) is 5.11. The summed E-state index contributed by atoms with van der Waals surface area (Å²) in [5.41, 5.74) is 2.61. The van der Waals surface area contributed by atoms with Gasteiger partial charge in [0.1, 0.15) is 5.69 Å². The third-order valence-corrected chi connectivity index (χ3v) is 6.09. The zero-order chi connectivity index (χ0) is 14.8. The number of fused-ring (bicyclic) bond motifs is 1. The second-order valence-corrected chi connectivity index (χ2v) is 7.39. The topological polar surface area (TPSA) is 39.1 Å². The monoisotopic (exact) mass is 323 g/mol. The third-order valence-electron chi connectivity index (χ3n) is 3.78. The van der Waals surface area contributed by atoms with Crippen LogP contribution in [0.4, 0.5) is 0 Å². The molecule has 0 saturated heterocycles. The summed E-state index contributed by atoms with van der Waals surface area (Å²) in [6.45, 7) is 3.05. The molecule has 2 aromatic rings. The Hall–Kier alpha value is -0.980. The number of nitrogens with zero attached hydrogens (tertiary/aromatic N) is 2. The van der Waals surface area contributed by atoms with Gasteiger partial charge in [0.05, 0.1) is 19.3 Å². The summed E-state index contributed by atoms with van der Waals surface area (Å²) in [7, 11) is 3.69. The van der Waals surface area contributed by atoms with Crippen molar-refractivity contribution in [3.8, 4) is 5.75 Å². The minimum Gasteiger partial charge on any atom is -0.493 e. The Morgan fingerprint density at radius 2 is 2.38 bits per heavy atom. The van der Waals surface area contributed by atoms with Gasteiger partial charge in [-0.2, -0.15) is 16.9 Å². The lowest BCUT2D eigenvalue weighted by molar-refractivity contribution is 0.401. The average Bonchev–Trinajstić information content (AvgIpc) is 3.08. The van der Waals surface area contributed by atoms with Crippen molar-refractivity contribution in [2.75, 3.05) is 19.4 Å². The van der Waals surface area contributed by atoms with Gasteiger partial charge in [0.15, 0.2) is 5.75 Å². The molecule has 1 atom stereocenters. The molecule has 3 heterocycles. The lowest BCUT2D eigenvalue weighted by atomic mass is 10.1. The number of aromatic nitrogens is 2. The van der Waals surface area contributed by atoms with E-state index < -0.39 is 0 Å². The van der Waals surface area contributed by atoms with Gasteiger partial charge in [-0.05, 0) is 30.3 Å². The Morgan fingerprint density at radius 1 is 1.52 bits per heavy atom. The van der Waals surface area contributed by atoms with Gasteiger partial charge in [-0.15, -0.1) is 11.3 Å². The highest BCUT2D eigenvalue weighted by Gasteiger charge is 2.25. The van der Waals surface area contributed by atoms with E-state index in [0.717, 1.165) is 23.7 Å². The molecule has 1 aliphatic rings. The SMILES string of the molecule is CCNC(c1cc2c(s1)CCSC2)c1c(OC)cnn1C. The van der Waals surface area contributed by atoms with E-state index in [1.54, 1.807) is 18.2 Å². The van der Waals surface area contributed by atoms with Crippen molar-refractivity contribution in [2.45, 2.75) is 25.1 Å². The van der Waals surface area contributed by atoms with E-state index in [1.165, 1.54) is 22.6 Å². The Labute approximate surface area is 133 Å². The van der Waals surface area contributed by atoms with Gasteiger partial charge in [-0.1, -0.05) is 6.92 Å². The van der Waals surface area contributed by atoms with Crippen LogP contribution in [0.15, 0.2) is 12.3 Å². The fourth-order valence-electron chi connectivity index (χ4n) is 2.76. The predicted octanol–water partition coefficient (Wildman–Crippen LogP) is 2.98. The van der Waals surface area contributed by atoms with Crippen LogP contribution in [0.3, 0.4) is 0 Å². The van der Waals surface area contributed by atoms with Crippen molar-refractivity contribution < 1.29 is 4.74 Å². The van der Waals surface area contributed by atoms with Crippen LogP contribution >= 0.6 is 23.1 Å². The van der Waals surface area contributed by atoms with Crippen LogP contribution in [-0.4, -0.2) is 29.2 Å². The maximum atomic E-state index is 5.49. The average molecular weight is 323 g/mol. The molecule has 0 fully saturated rings. The molecule has 1 unspecified atom stereocenters. The van der Waals surface area contributed by atoms with Crippen LogP contribution in [0.25, 0.3) is 0 Å². The zero-order valence-electron chi connectivity index (χ0n) is 12.7. The normalized spacial score (nSPS) is 15.8. The molecular weight excluding hydrogens is 302 g/mol. The van der Waals surface area contributed by atoms with Gasteiger partial charge in [-0.3, -0.25) is 4.68 Å². The molecule has 0 amide bonds. The van der Waals surface area contributed by atoms with Crippen molar-refractivity contribution in [3.05, 3.63) is 33.3 Å². The van der Waals surface area contributed by atoms with Crippen molar-refractivity contribution in [1.29, 1.82) is 0 Å². The van der Waals surface area contributed by atoms with Gasteiger partial charge >= 0.3 is 0 Å². The van der Waals surface area contributed by atoms with Gasteiger partial charge in [0, 0.05) is 22.6 Å². The minimum atomic E-state index is 0.151. The first-order valence-electron chi connectivity index (χ1n) is 7.23. The molecule has 1 aliphatic heterocycles. The van der Waals surface area contributed by atoms with E-state index in [4.69, 9.17) is 4.74 Å². The molecule has 114 valence electrons. The van der Waals surface area contributed by atoms with Crippen molar-refractivity contribution in [2.24, 2.45) is 7.05 Å². The Kier molecular flexibility index (Phi) is 4.57. The van der Waals surface area contributed by atoms with Gasteiger partial charge < -0.3 is 10.1 Å². The first-order valence-corrected chi connectivity index (χ1v) is 9.20. The van der Waals surface area contributed by atoms with E-state index in [2.05, 4.69) is 23.4 Å². The number of nitrogens with one attached hydrogen (secondary N) is 1. The standard InChI is InChI=1S/C15H21N3OS2/c1-4-16-14(15-11(19-3)8-17-18(15)2)13-7-10-9-20-6-5-12(10)21-13/h7-8,14,16H,4-6,9H2,1-3H3. The van der Waals surface area contributed by atoms with E-state index in [-0.39, 0.29) is 6.04 Å². The molecule has 6 heteroatoms. The summed E-state index contributed by atoms with van der Waals surface area (Å²) in [5.74, 6) is 3.24. The van der Waals surface area contributed by atoms with Crippen LogP contribution in [0.2, 0.25) is 0 Å². The molecule has 1 N–H and O–H groups in total. The zero-order valence-corrected chi connectivity index (χ0v) is 14.3. The highest BCUT2D eigenvalue weighted by Crippen LogP contribution is 2.38. The van der Waals surface area contributed by atoms with E-state index in [9.17, 15) is 0 Å². The van der Waals surface area contributed by atoms with Crippen molar-refractivity contribution in [1.82, 2.24) is 15.1 Å². The van der Waals surface area contributed by atoms with Crippen LogP contribution < -0.4 is 10.1 Å². The lowest BCUT2D eigenvalue weighted by Crippen LogP contribution is -2.24. The van der Waals surface area contributed by atoms with Gasteiger partial charge in [0.25, 0.3) is 0 Å². The number of thiophene rings is 1. The maximum Gasteiger partial charge on any atom is 0.161 e. The van der Waals surface area contributed by atoms with Gasteiger partial charge in [-0.25, -0.2) is 0 Å². The number of methoxy groups -OCH3 is 1. The molecule has 4 nitrogen and oxygen atoms in total. The first kappa shape index (κ1) is 14.9. The minimum absolute atomic E-state index is 0.151. The number of thioether (sulfide) groups is 1. The highest BCUT2D eigenvalue weighted by atomic mass is 32.2. The third kappa shape index (κ3) is 2.84. The highest BCUT2D eigenvalue weighted by molar-refractivity contribution is 7.98. The van der Waals surface area contributed by atoms with E-state index in [1.807, 2.05) is 34.8 Å². The molecule has 3 rings (SSSR count). The van der Waals surface area contributed by atoms with Crippen molar-refractivity contribution >= 4 is 23.1 Å². The Morgan fingerprint density at radius 3 is 3.10 bits per heavy atom. The van der Waals surface area contributed by atoms with Crippen LogP contribution in [0, 0.1) is 0 Å². The predicted molar refractivity (Wildman–Crippen MR) is 89.5 cm³/mol. The summed E-state index contributed by atoms with van der Waals surface area (Å²) < 4.78 is 7.41. The van der Waals surface area contributed by atoms with Crippen LogP contribution in [0.5, 0.6) is 5.75 Å².